The van der Waals surface area contributed by atoms with Crippen LogP contribution in [0.25, 0.3) is 0 Å². The fourth-order valence-corrected chi connectivity index (χ4v) is 1.50. The zero-order valence-corrected chi connectivity index (χ0v) is 9.90. The number of ether oxygens (including phenoxy) is 1. The summed E-state index contributed by atoms with van der Waals surface area (Å²) in [5.41, 5.74) is 7.02. The normalized spacial score (nSPS) is 12.2. The van der Waals surface area contributed by atoms with Crippen LogP contribution in [-0.4, -0.2) is 12.4 Å². The van der Waals surface area contributed by atoms with E-state index in [0.29, 0.717) is 19.4 Å². The number of benzene rings is 1. The van der Waals surface area contributed by atoms with E-state index in [9.17, 15) is 4.79 Å². The molecule has 0 bridgehead atoms. The summed E-state index contributed by atoms with van der Waals surface area (Å²) < 4.78 is 5.34. The van der Waals surface area contributed by atoms with E-state index in [0.717, 1.165) is 11.3 Å². The molecule has 16 heavy (non-hydrogen) atoms. The molecule has 0 spiro atoms. The zero-order chi connectivity index (χ0) is 12.0. The standard InChI is InChI=1S/C13H19NO2/c1-3-16-12-7-5-11(6-8-12)13(14)9-4-10(2)15/h5-8,13H,3-4,9,14H2,1-2H3. The van der Waals surface area contributed by atoms with Crippen molar-refractivity contribution in [3.05, 3.63) is 29.8 Å². The molecule has 0 radical (unpaired) electrons. The van der Waals surface area contributed by atoms with Crippen molar-refractivity contribution >= 4 is 5.78 Å². The number of hydrogen-bond donors (Lipinski definition) is 1. The maximum atomic E-state index is 10.8. The molecular weight excluding hydrogens is 202 g/mol. The van der Waals surface area contributed by atoms with Crippen LogP contribution in [0.4, 0.5) is 0 Å². The van der Waals surface area contributed by atoms with Gasteiger partial charge in [0, 0.05) is 12.5 Å². The van der Waals surface area contributed by atoms with Gasteiger partial charge in [0.15, 0.2) is 0 Å². The fourth-order valence-electron chi connectivity index (χ4n) is 1.50. The predicted octanol–water partition coefficient (Wildman–Crippen LogP) is 2.45. The van der Waals surface area contributed by atoms with Crippen LogP contribution in [0, 0.1) is 0 Å². The lowest BCUT2D eigenvalue weighted by atomic mass is 10.0. The summed E-state index contributed by atoms with van der Waals surface area (Å²) in [6.45, 7) is 4.20. The summed E-state index contributed by atoms with van der Waals surface area (Å²) in [7, 11) is 0. The minimum Gasteiger partial charge on any atom is -0.494 e. The van der Waals surface area contributed by atoms with Gasteiger partial charge >= 0.3 is 0 Å². The molecular formula is C13H19NO2. The zero-order valence-electron chi connectivity index (χ0n) is 9.90. The van der Waals surface area contributed by atoms with Crippen LogP contribution in [0.3, 0.4) is 0 Å². The van der Waals surface area contributed by atoms with E-state index >= 15 is 0 Å². The number of carbonyl (C=O) groups excluding carboxylic acids is 1. The average Bonchev–Trinajstić information content (AvgIpc) is 2.27. The lowest BCUT2D eigenvalue weighted by molar-refractivity contribution is -0.117. The van der Waals surface area contributed by atoms with Crippen LogP contribution in [0.1, 0.15) is 38.3 Å². The molecule has 0 aliphatic rings. The summed E-state index contributed by atoms with van der Waals surface area (Å²) in [6, 6.07) is 7.66. The number of ketones is 1. The minimum atomic E-state index is -0.0698. The van der Waals surface area contributed by atoms with E-state index in [1.807, 2.05) is 31.2 Å². The second-order valence-electron chi connectivity index (χ2n) is 3.85. The van der Waals surface area contributed by atoms with Crippen LogP contribution in [0.2, 0.25) is 0 Å². The van der Waals surface area contributed by atoms with Gasteiger partial charge in [0.05, 0.1) is 6.61 Å². The quantitative estimate of drug-likeness (QED) is 0.802. The molecule has 1 unspecified atom stereocenters. The van der Waals surface area contributed by atoms with Gasteiger partial charge in [-0.15, -0.1) is 0 Å². The maximum Gasteiger partial charge on any atom is 0.129 e. The summed E-state index contributed by atoms with van der Waals surface area (Å²) in [5, 5.41) is 0. The minimum absolute atomic E-state index is 0.0698. The molecule has 0 saturated carbocycles. The Morgan fingerprint density at radius 2 is 2.00 bits per heavy atom. The Hall–Kier alpha value is -1.35. The Kier molecular flexibility index (Phi) is 4.99. The third-order valence-corrected chi connectivity index (χ3v) is 2.43. The Morgan fingerprint density at radius 3 is 2.50 bits per heavy atom. The molecule has 1 atom stereocenters. The molecule has 0 aliphatic heterocycles. The van der Waals surface area contributed by atoms with Crippen molar-refractivity contribution in [2.45, 2.75) is 32.7 Å². The van der Waals surface area contributed by atoms with E-state index in [1.54, 1.807) is 6.92 Å². The number of carbonyl (C=O) groups is 1. The molecule has 0 heterocycles. The van der Waals surface area contributed by atoms with Gasteiger partial charge in [0.1, 0.15) is 11.5 Å². The van der Waals surface area contributed by atoms with Crippen molar-refractivity contribution in [1.29, 1.82) is 0 Å². The van der Waals surface area contributed by atoms with Crippen LogP contribution in [0.15, 0.2) is 24.3 Å². The molecule has 1 aromatic rings. The Balaban J connectivity index is 2.55. The lowest BCUT2D eigenvalue weighted by Gasteiger charge is -2.11. The van der Waals surface area contributed by atoms with Crippen LogP contribution in [0.5, 0.6) is 5.75 Å². The summed E-state index contributed by atoms with van der Waals surface area (Å²) >= 11 is 0. The van der Waals surface area contributed by atoms with Gasteiger partial charge in [-0.2, -0.15) is 0 Å². The van der Waals surface area contributed by atoms with Gasteiger partial charge < -0.3 is 15.3 Å². The highest BCUT2D eigenvalue weighted by Crippen LogP contribution is 2.19. The van der Waals surface area contributed by atoms with Gasteiger partial charge in [0.25, 0.3) is 0 Å². The smallest absolute Gasteiger partial charge is 0.129 e. The largest absolute Gasteiger partial charge is 0.494 e. The number of Topliss-reactive ketones (excluding diaryl/α,β-unsaturated/α-hetero) is 1. The van der Waals surface area contributed by atoms with Crippen molar-refractivity contribution in [3.8, 4) is 5.75 Å². The second-order valence-corrected chi connectivity index (χ2v) is 3.85. The van der Waals surface area contributed by atoms with E-state index in [1.165, 1.54) is 0 Å². The Morgan fingerprint density at radius 1 is 1.38 bits per heavy atom. The monoisotopic (exact) mass is 221 g/mol. The fraction of sp³-hybridized carbons (Fsp3) is 0.462. The molecule has 3 nitrogen and oxygen atoms in total. The van der Waals surface area contributed by atoms with Gasteiger partial charge in [-0.05, 0) is 38.0 Å². The highest BCUT2D eigenvalue weighted by atomic mass is 16.5. The first-order chi connectivity index (χ1) is 7.63. The second kappa shape index (κ2) is 6.28. The van der Waals surface area contributed by atoms with E-state index < -0.39 is 0 Å². The SMILES string of the molecule is CCOc1ccc(C(N)CCC(C)=O)cc1. The van der Waals surface area contributed by atoms with Crippen LogP contribution < -0.4 is 10.5 Å². The van der Waals surface area contributed by atoms with Crippen molar-refractivity contribution in [1.82, 2.24) is 0 Å². The summed E-state index contributed by atoms with van der Waals surface area (Å²) in [4.78, 5) is 10.8. The van der Waals surface area contributed by atoms with Gasteiger partial charge in [0.2, 0.25) is 0 Å². The van der Waals surface area contributed by atoms with E-state index in [-0.39, 0.29) is 11.8 Å². The van der Waals surface area contributed by atoms with Crippen molar-refractivity contribution < 1.29 is 9.53 Å². The van der Waals surface area contributed by atoms with E-state index in [4.69, 9.17) is 10.5 Å². The van der Waals surface area contributed by atoms with Crippen LogP contribution in [-0.2, 0) is 4.79 Å². The molecule has 0 aromatic heterocycles. The molecule has 1 aromatic carbocycles. The molecule has 1 rings (SSSR count). The molecule has 3 heteroatoms. The number of nitrogens with two attached hydrogens (primary N) is 1. The number of hydrogen-bond acceptors (Lipinski definition) is 3. The first-order valence-electron chi connectivity index (χ1n) is 5.61. The van der Waals surface area contributed by atoms with Gasteiger partial charge in [-0.3, -0.25) is 0 Å². The highest BCUT2D eigenvalue weighted by Gasteiger charge is 2.07. The molecule has 0 amide bonds. The van der Waals surface area contributed by atoms with Crippen molar-refractivity contribution in [2.24, 2.45) is 5.73 Å². The maximum absolute atomic E-state index is 10.8. The first-order valence-corrected chi connectivity index (χ1v) is 5.61. The highest BCUT2D eigenvalue weighted by molar-refractivity contribution is 5.75. The number of rotatable bonds is 6. The van der Waals surface area contributed by atoms with Crippen LogP contribution >= 0.6 is 0 Å². The van der Waals surface area contributed by atoms with Crippen molar-refractivity contribution in [3.63, 3.8) is 0 Å². The third kappa shape index (κ3) is 4.03. The Bertz CT molecular complexity index is 332. The molecule has 2 N–H and O–H groups in total. The molecule has 0 aliphatic carbocycles. The first kappa shape index (κ1) is 12.7. The van der Waals surface area contributed by atoms with E-state index in [2.05, 4.69) is 0 Å². The van der Waals surface area contributed by atoms with Gasteiger partial charge in [-0.25, -0.2) is 0 Å². The molecule has 0 saturated heterocycles. The topological polar surface area (TPSA) is 52.3 Å². The molecule has 0 fully saturated rings. The molecule has 88 valence electrons. The average molecular weight is 221 g/mol. The summed E-state index contributed by atoms with van der Waals surface area (Å²) in [6.07, 6.45) is 1.23. The summed E-state index contributed by atoms with van der Waals surface area (Å²) in [5.74, 6) is 1.03. The third-order valence-electron chi connectivity index (χ3n) is 2.43. The predicted molar refractivity (Wildman–Crippen MR) is 64.5 cm³/mol. The van der Waals surface area contributed by atoms with Crippen molar-refractivity contribution in [2.75, 3.05) is 6.61 Å². The van der Waals surface area contributed by atoms with Gasteiger partial charge in [-0.1, -0.05) is 12.1 Å². The Labute approximate surface area is 96.6 Å². The lowest BCUT2D eigenvalue weighted by Crippen LogP contribution is -2.11.